The molecule has 0 spiro atoms. The largest absolute Gasteiger partial charge is 0.466 e. The molecule has 0 aromatic carbocycles. The Balaban J connectivity index is 0.00000625. The van der Waals surface area contributed by atoms with Crippen molar-refractivity contribution in [2.45, 2.75) is 32.8 Å². The predicted molar refractivity (Wildman–Crippen MR) is 114 cm³/mol. The molecule has 8 nitrogen and oxygen atoms in total. The fourth-order valence-corrected chi connectivity index (χ4v) is 3.19. The molecule has 0 aliphatic rings. The van der Waals surface area contributed by atoms with E-state index in [9.17, 15) is 13.5 Å². The Morgan fingerprint density at radius 3 is 2.58 bits per heavy atom. The zero-order valence-electron chi connectivity index (χ0n) is 15.9. The summed E-state index contributed by atoms with van der Waals surface area (Å²) in [7, 11) is -3.16. The van der Waals surface area contributed by atoms with Crippen molar-refractivity contribution in [1.82, 2.24) is 14.9 Å². The van der Waals surface area contributed by atoms with Crippen LogP contribution in [0.25, 0.3) is 0 Å². The second-order valence-corrected chi connectivity index (χ2v) is 7.96. The third-order valence-electron chi connectivity index (χ3n) is 3.64. The SMILES string of the molecule is CCNC(=NCC(C)(O)c1ccco1)NCCCN(CC)S(C)(=O)=O.I. The molecular weight excluding hydrogens is 471 g/mol. The highest BCUT2D eigenvalue weighted by Gasteiger charge is 2.26. The van der Waals surface area contributed by atoms with Gasteiger partial charge in [0, 0.05) is 26.2 Å². The molecule has 1 heterocycles. The molecule has 1 aromatic heterocycles. The van der Waals surface area contributed by atoms with E-state index in [0.29, 0.717) is 44.3 Å². The van der Waals surface area contributed by atoms with Crippen LogP contribution in [-0.2, 0) is 15.6 Å². The lowest BCUT2D eigenvalue weighted by atomic mass is 10.0. The summed E-state index contributed by atoms with van der Waals surface area (Å²) in [4.78, 5) is 4.38. The molecule has 0 aliphatic heterocycles. The van der Waals surface area contributed by atoms with Crippen LogP contribution in [-0.4, -0.2) is 62.8 Å². The molecule has 1 atom stereocenters. The highest BCUT2D eigenvalue weighted by atomic mass is 127. The molecule has 1 aromatic rings. The molecule has 0 radical (unpaired) electrons. The highest BCUT2D eigenvalue weighted by Crippen LogP contribution is 2.20. The summed E-state index contributed by atoms with van der Waals surface area (Å²) in [5.74, 6) is 1.02. The maximum absolute atomic E-state index is 11.6. The maximum atomic E-state index is 11.6. The van der Waals surface area contributed by atoms with E-state index in [4.69, 9.17) is 4.42 Å². The normalized spacial score (nSPS) is 14.6. The van der Waals surface area contributed by atoms with E-state index in [-0.39, 0.29) is 30.5 Å². The first-order valence-corrected chi connectivity index (χ1v) is 10.3. The van der Waals surface area contributed by atoms with Gasteiger partial charge in [0.25, 0.3) is 0 Å². The van der Waals surface area contributed by atoms with Gasteiger partial charge in [0.1, 0.15) is 11.4 Å². The van der Waals surface area contributed by atoms with Crippen LogP contribution in [0.2, 0.25) is 0 Å². The van der Waals surface area contributed by atoms with E-state index in [1.165, 1.54) is 16.8 Å². The average Bonchev–Trinajstić information content (AvgIpc) is 3.06. The quantitative estimate of drug-likeness (QED) is 0.193. The first-order chi connectivity index (χ1) is 11.7. The molecule has 0 saturated carbocycles. The van der Waals surface area contributed by atoms with Crippen molar-refractivity contribution in [2.75, 3.05) is 39.0 Å². The minimum atomic E-state index is -3.16. The minimum absolute atomic E-state index is 0. The van der Waals surface area contributed by atoms with Crippen LogP contribution in [0.1, 0.15) is 33.0 Å². The Hall–Kier alpha value is -0.850. The van der Waals surface area contributed by atoms with Crippen LogP contribution in [0.15, 0.2) is 27.8 Å². The van der Waals surface area contributed by atoms with Gasteiger partial charge in [-0.15, -0.1) is 24.0 Å². The highest BCUT2D eigenvalue weighted by molar-refractivity contribution is 14.0. The zero-order chi connectivity index (χ0) is 18.9. The number of guanidine groups is 1. The van der Waals surface area contributed by atoms with Gasteiger partial charge in [0.15, 0.2) is 5.96 Å². The molecule has 0 saturated heterocycles. The number of hydrogen-bond acceptors (Lipinski definition) is 5. The fourth-order valence-electron chi connectivity index (χ4n) is 2.26. The summed E-state index contributed by atoms with van der Waals surface area (Å²) in [5.41, 5.74) is -1.19. The van der Waals surface area contributed by atoms with Gasteiger partial charge in [-0.05, 0) is 32.4 Å². The fraction of sp³-hybridized carbons (Fsp3) is 0.688. The Labute approximate surface area is 173 Å². The van der Waals surface area contributed by atoms with Crippen molar-refractivity contribution < 1.29 is 17.9 Å². The minimum Gasteiger partial charge on any atom is -0.466 e. The summed E-state index contributed by atoms with van der Waals surface area (Å²) in [6.45, 7) is 7.70. The number of nitrogens with one attached hydrogen (secondary N) is 2. The topological polar surface area (TPSA) is 107 Å². The van der Waals surface area contributed by atoms with Gasteiger partial charge < -0.3 is 20.2 Å². The van der Waals surface area contributed by atoms with Crippen molar-refractivity contribution in [3.05, 3.63) is 24.2 Å². The second-order valence-electron chi connectivity index (χ2n) is 5.98. The third-order valence-corrected chi connectivity index (χ3v) is 5.02. The van der Waals surface area contributed by atoms with E-state index < -0.39 is 15.6 Å². The number of aliphatic hydroxyl groups is 1. The van der Waals surface area contributed by atoms with Crippen molar-refractivity contribution in [1.29, 1.82) is 0 Å². The van der Waals surface area contributed by atoms with Gasteiger partial charge in [-0.2, -0.15) is 0 Å². The molecule has 3 N–H and O–H groups in total. The first-order valence-electron chi connectivity index (χ1n) is 8.44. The van der Waals surface area contributed by atoms with Gasteiger partial charge >= 0.3 is 0 Å². The van der Waals surface area contributed by atoms with Gasteiger partial charge in [-0.1, -0.05) is 6.92 Å². The number of furan rings is 1. The van der Waals surface area contributed by atoms with Crippen LogP contribution in [0.3, 0.4) is 0 Å². The van der Waals surface area contributed by atoms with Crippen LogP contribution < -0.4 is 10.6 Å². The zero-order valence-corrected chi connectivity index (χ0v) is 19.0. The molecule has 0 amide bonds. The Morgan fingerprint density at radius 2 is 2.08 bits per heavy atom. The Kier molecular flexibility index (Phi) is 11.4. The molecule has 0 aliphatic carbocycles. The second kappa shape index (κ2) is 11.8. The van der Waals surface area contributed by atoms with Crippen LogP contribution in [0, 0.1) is 0 Å². The van der Waals surface area contributed by atoms with Gasteiger partial charge in [0.05, 0.1) is 19.1 Å². The summed E-state index contributed by atoms with van der Waals surface area (Å²) in [5, 5.41) is 16.7. The molecular formula is C16H31IN4O4S. The van der Waals surface area contributed by atoms with E-state index in [1.807, 2.05) is 13.8 Å². The number of sulfonamides is 1. The molecule has 0 bridgehead atoms. The van der Waals surface area contributed by atoms with Gasteiger partial charge in [0.2, 0.25) is 10.0 Å². The lowest BCUT2D eigenvalue weighted by Crippen LogP contribution is -2.40. The lowest BCUT2D eigenvalue weighted by molar-refractivity contribution is 0.0437. The Morgan fingerprint density at radius 1 is 1.38 bits per heavy atom. The molecule has 26 heavy (non-hydrogen) atoms. The number of aliphatic imine (C=N–C) groups is 1. The average molecular weight is 502 g/mol. The standard InChI is InChI=1S/C16H30N4O4S.HI/c1-5-17-15(18-10-8-11-20(6-2)25(4,22)23)19-13-16(3,21)14-9-7-12-24-14;/h7,9,12,21H,5-6,8,10-11,13H2,1-4H3,(H2,17,18,19);1H. The summed E-state index contributed by atoms with van der Waals surface area (Å²) >= 11 is 0. The predicted octanol–water partition coefficient (Wildman–Crippen LogP) is 1.33. The maximum Gasteiger partial charge on any atom is 0.211 e. The lowest BCUT2D eigenvalue weighted by Gasteiger charge is -2.20. The third kappa shape index (κ3) is 8.69. The van der Waals surface area contributed by atoms with Gasteiger partial charge in [-0.25, -0.2) is 17.7 Å². The number of rotatable bonds is 10. The molecule has 1 rings (SSSR count). The molecule has 152 valence electrons. The van der Waals surface area contributed by atoms with Crippen LogP contribution in [0.5, 0.6) is 0 Å². The number of halogens is 1. The molecule has 10 heteroatoms. The van der Waals surface area contributed by atoms with Gasteiger partial charge in [-0.3, -0.25) is 0 Å². The summed E-state index contributed by atoms with van der Waals surface area (Å²) in [6, 6.07) is 3.43. The summed E-state index contributed by atoms with van der Waals surface area (Å²) in [6.07, 6.45) is 3.38. The van der Waals surface area contributed by atoms with Crippen molar-refractivity contribution in [3.8, 4) is 0 Å². The van der Waals surface area contributed by atoms with Crippen molar-refractivity contribution in [3.63, 3.8) is 0 Å². The molecule has 1 unspecified atom stereocenters. The smallest absolute Gasteiger partial charge is 0.211 e. The van der Waals surface area contributed by atoms with E-state index >= 15 is 0 Å². The first kappa shape index (κ1) is 25.1. The van der Waals surface area contributed by atoms with Crippen molar-refractivity contribution in [2.24, 2.45) is 4.99 Å². The van der Waals surface area contributed by atoms with E-state index in [0.717, 1.165) is 0 Å². The van der Waals surface area contributed by atoms with E-state index in [2.05, 4.69) is 15.6 Å². The van der Waals surface area contributed by atoms with Crippen LogP contribution >= 0.6 is 24.0 Å². The number of hydrogen-bond donors (Lipinski definition) is 3. The van der Waals surface area contributed by atoms with E-state index in [1.54, 1.807) is 19.1 Å². The van der Waals surface area contributed by atoms with Crippen LogP contribution in [0.4, 0.5) is 0 Å². The van der Waals surface area contributed by atoms with Crippen molar-refractivity contribution >= 4 is 40.0 Å². The number of nitrogens with zero attached hydrogens (tertiary/aromatic N) is 2. The monoisotopic (exact) mass is 502 g/mol. The molecule has 0 fully saturated rings. The Bertz CT molecular complexity index is 633. The summed E-state index contributed by atoms with van der Waals surface area (Å²) < 4.78 is 29.8.